The van der Waals surface area contributed by atoms with Crippen molar-refractivity contribution in [2.24, 2.45) is 0 Å². The molecule has 18 heavy (non-hydrogen) atoms. The Labute approximate surface area is 104 Å². The topological polar surface area (TPSA) is 59.4 Å². The third-order valence-corrected chi connectivity index (χ3v) is 3.03. The maximum atomic E-state index is 11.7. The standard InChI is InChI=1S/C14H11NO3/c1-9-4-6-10(7-5-9)14(17)12-11(13(16)18-14)3-2-8-15-12/h2-8,17H,1H3/t14-/m1/s1. The van der Waals surface area contributed by atoms with Crippen molar-refractivity contribution in [2.45, 2.75) is 12.7 Å². The lowest BCUT2D eigenvalue weighted by Gasteiger charge is -2.21. The second-order valence-electron chi connectivity index (χ2n) is 4.30. The smallest absolute Gasteiger partial charge is 0.343 e. The van der Waals surface area contributed by atoms with Gasteiger partial charge in [0, 0.05) is 11.8 Å². The monoisotopic (exact) mass is 241 g/mol. The van der Waals surface area contributed by atoms with Crippen molar-refractivity contribution in [1.82, 2.24) is 4.98 Å². The van der Waals surface area contributed by atoms with E-state index < -0.39 is 11.8 Å². The number of hydrogen-bond donors (Lipinski definition) is 1. The Balaban J connectivity index is 2.17. The lowest BCUT2D eigenvalue weighted by molar-refractivity contribution is -0.131. The average molecular weight is 241 g/mol. The summed E-state index contributed by atoms with van der Waals surface area (Å²) in [6, 6.07) is 10.4. The fourth-order valence-electron chi connectivity index (χ4n) is 2.05. The molecule has 0 spiro atoms. The van der Waals surface area contributed by atoms with Crippen LogP contribution >= 0.6 is 0 Å². The van der Waals surface area contributed by atoms with E-state index in [1.165, 1.54) is 6.20 Å². The van der Waals surface area contributed by atoms with Gasteiger partial charge in [-0.1, -0.05) is 29.8 Å². The molecule has 2 heterocycles. The van der Waals surface area contributed by atoms with E-state index in [-0.39, 0.29) is 5.69 Å². The molecule has 2 aromatic rings. The molecule has 90 valence electrons. The van der Waals surface area contributed by atoms with Gasteiger partial charge in [-0.2, -0.15) is 0 Å². The molecule has 0 saturated carbocycles. The summed E-state index contributed by atoms with van der Waals surface area (Å²) in [6.07, 6.45) is 1.53. The number of carbonyl (C=O) groups excluding carboxylic acids is 1. The van der Waals surface area contributed by atoms with Gasteiger partial charge in [-0.15, -0.1) is 0 Å². The van der Waals surface area contributed by atoms with Crippen molar-refractivity contribution in [3.05, 3.63) is 65.0 Å². The van der Waals surface area contributed by atoms with Crippen LogP contribution < -0.4 is 0 Å². The molecule has 4 nitrogen and oxygen atoms in total. The maximum absolute atomic E-state index is 11.7. The molecule has 4 heteroatoms. The highest BCUT2D eigenvalue weighted by Gasteiger charge is 2.47. The summed E-state index contributed by atoms with van der Waals surface area (Å²) in [5, 5.41) is 10.6. The maximum Gasteiger partial charge on any atom is 0.343 e. The molecule has 0 amide bonds. The first-order valence-corrected chi connectivity index (χ1v) is 5.59. The first-order valence-electron chi connectivity index (χ1n) is 5.59. The second kappa shape index (κ2) is 3.65. The van der Waals surface area contributed by atoms with Gasteiger partial charge in [-0.05, 0) is 19.1 Å². The summed E-state index contributed by atoms with van der Waals surface area (Å²) in [4.78, 5) is 15.8. The number of nitrogens with zero attached hydrogens (tertiary/aromatic N) is 1. The van der Waals surface area contributed by atoms with Crippen LogP contribution in [-0.2, 0) is 10.5 Å². The Morgan fingerprint density at radius 1 is 1.22 bits per heavy atom. The van der Waals surface area contributed by atoms with Crippen LogP contribution in [0.15, 0.2) is 42.6 Å². The van der Waals surface area contributed by atoms with Gasteiger partial charge in [0.2, 0.25) is 0 Å². The van der Waals surface area contributed by atoms with Crippen LogP contribution in [0.5, 0.6) is 0 Å². The Morgan fingerprint density at radius 3 is 2.67 bits per heavy atom. The number of fused-ring (bicyclic) bond motifs is 1. The molecule has 0 saturated heterocycles. The SMILES string of the molecule is Cc1ccc([C@@]2(O)OC(=O)c3cccnc32)cc1. The fourth-order valence-corrected chi connectivity index (χ4v) is 2.05. The van der Waals surface area contributed by atoms with Crippen LogP contribution in [0, 0.1) is 6.92 Å². The minimum Gasteiger partial charge on any atom is -0.419 e. The molecule has 0 radical (unpaired) electrons. The summed E-state index contributed by atoms with van der Waals surface area (Å²) in [5.41, 5.74) is 2.12. The van der Waals surface area contributed by atoms with Crippen molar-refractivity contribution in [1.29, 1.82) is 0 Å². The van der Waals surface area contributed by atoms with Crippen molar-refractivity contribution >= 4 is 5.97 Å². The minimum absolute atomic E-state index is 0.249. The van der Waals surface area contributed by atoms with Gasteiger partial charge in [0.1, 0.15) is 5.69 Å². The van der Waals surface area contributed by atoms with Crippen molar-refractivity contribution < 1.29 is 14.6 Å². The predicted molar refractivity (Wildman–Crippen MR) is 63.8 cm³/mol. The molecule has 0 fully saturated rings. The van der Waals surface area contributed by atoms with E-state index in [1.54, 1.807) is 24.3 Å². The number of aliphatic hydroxyl groups is 1. The van der Waals surface area contributed by atoms with Gasteiger partial charge in [-0.3, -0.25) is 4.98 Å². The number of carbonyl (C=O) groups is 1. The van der Waals surface area contributed by atoms with E-state index in [1.807, 2.05) is 19.1 Å². The van der Waals surface area contributed by atoms with E-state index >= 15 is 0 Å². The molecule has 0 aliphatic carbocycles. The Hall–Kier alpha value is -2.20. The van der Waals surface area contributed by atoms with Crippen LogP contribution in [0.3, 0.4) is 0 Å². The normalized spacial score (nSPS) is 21.6. The molecule has 0 bridgehead atoms. The number of esters is 1. The molecule has 1 aromatic carbocycles. The zero-order valence-corrected chi connectivity index (χ0v) is 9.75. The fraction of sp³-hybridized carbons (Fsp3) is 0.143. The lowest BCUT2D eigenvalue weighted by Crippen LogP contribution is -2.28. The molecule has 3 rings (SSSR count). The molecule has 0 unspecified atom stereocenters. The Bertz CT molecular complexity index is 621. The number of benzene rings is 1. The van der Waals surface area contributed by atoms with E-state index in [2.05, 4.69) is 4.98 Å². The number of aryl methyl sites for hydroxylation is 1. The van der Waals surface area contributed by atoms with Gasteiger partial charge in [-0.25, -0.2) is 4.79 Å². The minimum atomic E-state index is -1.78. The molecule has 1 N–H and O–H groups in total. The summed E-state index contributed by atoms with van der Waals surface area (Å²) in [5.74, 6) is -2.33. The lowest BCUT2D eigenvalue weighted by atomic mass is 10.00. The first-order chi connectivity index (χ1) is 8.61. The number of pyridine rings is 1. The largest absolute Gasteiger partial charge is 0.419 e. The summed E-state index contributed by atoms with van der Waals surface area (Å²) < 4.78 is 5.10. The van der Waals surface area contributed by atoms with E-state index in [4.69, 9.17) is 4.74 Å². The average Bonchev–Trinajstić information content (AvgIpc) is 2.64. The Morgan fingerprint density at radius 2 is 1.94 bits per heavy atom. The van der Waals surface area contributed by atoms with E-state index in [0.717, 1.165) is 5.56 Å². The van der Waals surface area contributed by atoms with Crippen LogP contribution in [-0.4, -0.2) is 16.1 Å². The van der Waals surface area contributed by atoms with Crippen molar-refractivity contribution in [2.75, 3.05) is 0 Å². The molecule has 1 aliphatic heterocycles. The van der Waals surface area contributed by atoms with Crippen LogP contribution in [0.4, 0.5) is 0 Å². The number of aromatic nitrogens is 1. The number of cyclic esters (lactones) is 1. The van der Waals surface area contributed by atoms with Crippen LogP contribution in [0.1, 0.15) is 27.2 Å². The number of ether oxygens (including phenoxy) is 1. The van der Waals surface area contributed by atoms with Gasteiger partial charge in [0.15, 0.2) is 0 Å². The Kier molecular flexibility index (Phi) is 2.21. The molecular weight excluding hydrogens is 230 g/mol. The molecular formula is C14H11NO3. The molecule has 1 aromatic heterocycles. The predicted octanol–water partition coefficient (Wildman–Crippen LogP) is 1.75. The highest BCUT2D eigenvalue weighted by atomic mass is 16.7. The van der Waals surface area contributed by atoms with Crippen LogP contribution in [0.25, 0.3) is 0 Å². The summed E-state index contributed by atoms with van der Waals surface area (Å²) >= 11 is 0. The van der Waals surface area contributed by atoms with Crippen molar-refractivity contribution in [3.63, 3.8) is 0 Å². The van der Waals surface area contributed by atoms with E-state index in [9.17, 15) is 9.90 Å². The van der Waals surface area contributed by atoms with Crippen LogP contribution in [0.2, 0.25) is 0 Å². The summed E-state index contributed by atoms with van der Waals surface area (Å²) in [6.45, 7) is 1.95. The van der Waals surface area contributed by atoms with E-state index in [0.29, 0.717) is 11.1 Å². The van der Waals surface area contributed by atoms with Gasteiger partial charge >= 0.3 is 5.97 Å². The molecule has 1 atom stereocenters. The van der Waals surface area contributed by atoms with Gasteiger partial charge in [0.25, 0.3) is 5.79 Å². The highest BCUT2D eigenvalue weighted by Crippen LogP contribution is 2.38. The summed E-state index contributed by atoms with van der Waals surface area (Å²) in [7, 11) is 0. The second-order valence-corrected chi connectivity index (χ2v) is 4.30. The number of hydrogen-bond acceptors (Lipinski definition) is 4. The van der Waals surface area contributed by atoms with Gasteiger partial charge < -0.3 is 9.84 Å². The third kappa shape index (κ3) is 1.43. The first kappa shape index (κ1) is 10.9. The highest BCUT2D eigenvalue weighted by molar-refractivity contribution is 5.94. The molecule has 1 aliphatic rings. The quantitative estimate of drug-likeness (QED) is 0.773. The zero-order valence-electron chi connectivity index (χ0n) is 9.75. The number of rotatable bonds is 1. The van der Waals surface area contributed by atoms with Crippen molar-refractivity contribution in [3.8, 4) is 0 Å². The van der Waals surface area contributed by atoms with Gasteiger partial charge in [0.05, 0.1) is 5.56 Å². The third-order valence-electron chi connectivity index (χ3n) is 3.03. The zero-order chi connectivity index (χ0) is 12.8.